The van der Waals surface area contributed by atoms with Crippen molar-refractivity contribution in [3.05, 3.63) is 24.3 Å². The molecule has 114 valence electrons. The molecule has 1 aromatic carbocycles. The molecule has 0 aromatic heterocycles. The van der Waals surface area contributed by atoms with Crippen molar-refractivity contribution >= 4 is 27.6 Å². The van der Waals surface area contributed by atoms with Gasteiger partial charge < -0.3 is 5.32 Å². The zero-order valence-electron chi connectivity index (χ0n) is 11.3. The lowest BCUT2D eigenvalue weighted by Gasteiger charge is -2.20. The molecule has 1 N–H and O–H groups in total. The van der Waals surface area contributed by atoms with Gasteiger partial charge in [-0.05, 0) is 37.0 Å². The first-order valence-electron chi connectivity index (χ1n) is 6.71. The fourth-order valence-electron chi connectivity index (χ4n) is 2.40. The van der Waals surface area contributed by atoms with Crippen molar-refractivity contribution in [3.63, 3.8) is 0 Å². The lowest BCUT2D eigenvalue weighted by molar-refractivity contribution is -0.123. The average Bonchev–Trinajstić information content (AvgIpc) is 2.41. The number of hydrogen-bond donors (Lipinski definition) is 1. The number of nitrogens with one attached hydrogen (secondary N) is 1. The summed E-state index contributed by atoms with van der Waals surface area (Å²) >= 11 is 0. The number of hydrogen-bond acceptors (Lipinski definition) is 4. The summed E-state index contributed by atoms with van der Waals surface area (Å²) in [6.07, 6.45) is 2.69. The van der Waals surface area contributed by atoms with Crippen LogP contribution in [0.4, 0.5) is 9.57 Å². The summed E-state index contributed by atoms with van der Waals surface area (Å²) in [5.41, 5.74) is 0.241. The van der Waals surface area contributed by atoms with Gasteiger partial charge in [0, 0.05) is 24.9 Å². The average molecular weight is 313 g/mol. The molecular weight excluding hydrogens is 297 g/mol. The number of halogens is 1. The van der Waals surface area contributed by atoms with Crippen LogP contribution >= 0.6 is 0 Å². The Bertz CT molecular complexity index is 647. The van der Waals surface area contributed by atoms with E-state index in [-0.39, 0.29) is 29.7 Å². The van der Waals surface area contributed by atoms with Crippen LogP contribution in [0.3, 0.4) is 0 Å². The molecule has 7 heteroatoms. The fraction of sp³-hybridized carbons (Fsp3) is 0.429. The van der Waals surface area contributed by atoms with Crippen LogP contribution in [0.15, 0.2) is 29.2 Å². The van der Waals surface area contributed by atoms with Gasteiger partial charge in [-0.3, -0.25) is 9.59 Å². The van der Waals surface area contributed by atoms with Crippen LogP contribution in [0.2, 0.25) is 0 Å². The minimum Gasteiger partial charge on any atom is -0.326 e. The largest absolute Gasteiger partial charge is 0.332 e. The molecule has 1 fully saturated rings. The maximum absolute atomic E-state index is 12.9. The lowest BCUT2D eigenvalue weighted by Crippen LogP contribution is -2.21. The Morgan fingerprint density at radius 3 is 2.57 bits per heavy atom. The van der Waals surface area contributed by atoms with Gasteiger partial charge in [-0.2, -0.15) is 8.42 Å². The molecule has 0 saturated heterocycles. The van der Waals surface area contributed by atoms with Gasteiger partial charge in [-0.1, -0.05) is 6.07 Å². The van der Waals surface area contributed by atoms with E-state index in [0.717, 1.165) is 12.1 Å². The minimum atomic E-state index is -4.78. The topological polar surface area (TPSA) is 80.3 Å². The Morgan fingerprint density at radius 1 is 1.29 bits per heavy atom. The first kappa shape index (κ1) is 15.6. The molecular formula is C14H16FNO4S. The summed E-state index contributed by atoms with van der Waals surface area (Å²) in [5.74, 6) is 0.131. The van der Waals surface area contributed by atoms with Crippen molar-refractivity contribution in [2.75, 3.05) is 5.32 Å². The van der Waals surface area contributed by atoms with E-state index in [2.05, 4.69) is 5.32 Å². The summed E-state index contributed by atoms with van der Waals surface area (Å²) in [6.45, 7) is 0. The van der Waals surface area contributed by atoms with Gasteiger partial charge in [-0.15, -0.1) is 3.89 Å². The Morgan fingerprint density at radius 2 is 1.95 bits per heavy atom. The molecule has 0 bridgehead atoms. The van der Waals surface area contributed by atoms with Crippen LogP contribution in [-0.4, -0.2) is 20.1 Å². The molecule has 0 spiro atoms. The standard InChI is InChI=1S/C14H16FNO4S/c15-21(19,20)13-3-1-2-11(9-13)16-14(18)8-10-4-6-12(17)7-5-10/h1-3,9-10H,4-8H2,(H,16,18). The molecule has 21 heavy (non-hydrogen) atoms. The predicted octanol–water partition coefficient (Wildman–Crippen LogP) is 2.43. The Hall–Kier alpha value is -1.76. The number of carbonyl (C=O) groups is 2. The Balaban J connectivity index is 1.95. The molecule has 0 aliphatic heterocycles. The van der Waals surface area contributed by atoms with E-state index in [9.17, 15) is 21.9 Å². The SMILES string of the molecule is O=C1CCC(CC(=O)Nc2cccc(S(=O)(=O)F)c2)CC1. The molecule has 1 aliphatic carbocycles. The summed E-state index contributed by atoms with van der Waals surface area (Å²) in [4.78, 5) is 22.5. The minimum absolute atomic E-state index is 0.163. The Labute approximate surface area is 122 Å². The van der Waals surface area contributed by atoms with E-state index in [1.165, 1.54) is 12.1 Å². The second-order valence-corrected chi connectivity index (χ2v) is 6.55. The number of rotatable bonds is 4. The maximum Gasteiger partial charge on any atom is 0.332 e. The number of anilines is 1. The summed E-state index contributed by atoms with van der Waals surface area (Å²) in [6, 6.07) is 5.06. The van der Waals surface area contributed by atoms with Crippen LogP contribution in [0, 0.1) is 5.92 Å². The van der Waals surface area contributed by atoms with E-state index < -0.39 is 15.1 Å². The fourth-order valence-corrected chi connectivity index (χ4v) is 2.91. The number of Topliss-reactive ketones (excluding diaryl/α,β-unsaturated/α-hetero) is 1. The van der Waals surface area contributed by atoms with Gasteiger partial charge >= 0.3 is 10.2 Å². The van der Waals surface area contributed by atoms with Gasteiger partial charge in [0.25, 0.3) is 0 Å². The van der Waals surface area contributed by atoms with E-state index in [1.54, 1.807) is 0 Å². The third kappa shape index (κ3) is 4.63. The molecule has 1 amide bonds. The van der Waals surface area contributed by atoms with Gasteiger partial charge in [0.05, 0.1) is 0 Å². The van der Waals surface area contributed by atoms with Crippen LogP contribution in [0.1, 0.15) is 32.1 Å². The van der Waals surface area contributed by atoms with E-state index in [4.69, 9.17) is 0 Å². The normalized spacial score (nSPS) is 16.7. The summed E-state index contributed by atoms with van der Waals surface area (Å²) in [7, 11) is -4.78. The first-order valence-corrected chi connectivity index (χ1v) is 8.09. The third-order valence-electron chi connectivity index (χ3n) is 3.54. The second-order valence-electron chi connectivity index (χ2n) is 5.20. The highest BCUT2D eigenvalue weighted by molar-refractivity contribution is 7.86. The van der Waals surface area contributed by atoms with Crippen LogP contribution in [-0.2, 0) is 19.8 Å². The molecule has 1 aromatic rings. The molecule has 1 aliphatic rings. The highest BCUT2D eigenvalue weighted by Crippen LogP contribution is 2.25. The van der Waals surface area contributed by atoms with Crippen molar-refractivity contribution in [2.45, 2.75) is 37.0 Å². The monoisotopic (exact) mass is 313 g/mol. The maximum atomic E-state index is 12.9. The molecule has 0 unspecified atom stereocenters. The number of ketones is 1. The number of amides is 1. The number of benzene rings is 1. The zero-order chi connectivity index (χ0) is 15.5. The van der Waals surface area contributed by atoms with E-state index in [0.29, 0.717) is 25.7 Å². The molecule has 0 heterocycles. The van der Waals surface area contributed by atoms with Crippen molar-refractivity contribution < 1.29 is 21.9 Å². The first-order chi connectivity index (χ1) is 9.84. The van der Waals surface area contributed by atoms with Crippen molar-refractivity contribution in [3.8, 4) is 0 Å². The third-order valence-corrected chi connectivity index (χ3v) is 4.35. The highest BCUT2D eigenvalue weighted by Gasteiger charge is 2.21. The van der Waals surface area contributed by atoms with Crippen LogP contribution < -0.4 is 5.32 Å². The smallest absolute Gasteiger partial charge is 0.326 e. The van der Waals surface area contributed by atoms with Crippen molar-refractivity contribution in [2.24, 2.45) is 5.92 Å². The zero-order valence-corrected chi connectivity index (χ0v) is 12.2. The van der Waals surface area contributed by atoms with Crippen molar-refractivity contribution in [1.82, 2.24) is 0 Å². The highest BCUT2D eigenvalue weighted by atomic mass is 32.3. The molecule has 1 saturated carbocycles. The van der Waals surface area contributed by atoms with E-state index in [1.807, 2.05) is 0 Å². The quantitative estimate of drug-likeness (QED) is 0.866. The second kappa shape index (κ2) is 6.34. The summed E-state index contributed by atoms with van der Waals surface area (Å²) < 4.78 is 34.5. The van der Waals surface area contributed by atoms with Crippen molar-refractivity contribution in [1.29, 1.82) is 0 Å². The summed E-state index contributed by atoms with van der Waals surface area (Å²) in [5, 5.41) is 2.56. The van der Waals surface area contributed by atoms with Crippen LogP contribution in [0.5, 0.6) is 0 Å². The van der Waals surface area contributed by atoms with Gasteiger partial charge in [0.2, 0.25) is 5.91 Å². The van der Waals surface area contributed by atoms with Gasteiger partial charge in [-0.25, -0.2) is 0 Å². The van der Waals surface area contributed by atoms with Crippen LogP contribution in [0.25, 0.3) is 0 Å². The lowest BCUT2D eigenvalue weighted by atomic mass is 9.86. The van der Waals surface area contributed by atoms with Gasteiger partial charge in [0.1, 0.15) is 10.7 Å². The Kier molecular flexibility index (Phi) is 4.72. The molecule has 0 radical (unpaired) electrons. The predicted molar refractivity (Wildman–Crippen MR) is 74.9 cm³/mol. The van der Waals surface area contributed by atoms with E-state index >= 15 is 0 Å². The molecule has 2 rings (SSSR count). The number of carbonyl (C=O) groups excluding carboxylic acids is 2. The molecule has 5 nitrogen and oxygen atoms in total. The molecule has 0 atom stereocenters. The van der Waals surface area contributed by atoms with Gasteiger partial charge in [0.15, 0.2) is 0 Å².